The van der Waals surface area contributed by atoms with Crippen molar-refractivity contribution in [3.8, 4) is 0 Å². The molecule has 4 rings (SSSR count). The van der Waals surface area contributed by atoms with Gasteiger partial charge in [0, 0.05) is 25.0 Å². The SMILES string of the molecule is CC(NC(=O)N[C@@H]1CCO[C@H](c2ccncc2)C1)c1cccc2ccccc12. The van der Waals surface area contributed by atoms with Crippen molar-refractivity contribution in [1.82, 2.24) is 15.6 Å². The molecule has 1 aliphatic rings. The lowest BCUT2D eigenvalue weighted by atomic mass is 9.98. The molecule has 3 atom stereocenters. The van der Waals surface area contributed by atoms with Gasteiger partial charge in [-0.25, -0.2) is 4.79 Å². The molecule has 144 valence electrons. The molecule has 5 heteroatoms. The van der Waals surface area contributed by atoms with Crippen LogP contribution < -0.4 is 10.6 Å². The van der Waals surface area contributed by atoms with E-state index in [4.69, 9.17) is 4.74 Å². The molecule has 2 amide bonds. The van der Waals surface area contributed by atoms with Gasteiger partial charge in [-0.15, -0.1) is 0 Å². The molecule has 1 fully saturated rings. The van der Waals surface area contributed by atoms with Crippen molar-refractivity contribution in [2.45, 2.75) is 38.0 Å². The number of nitrogens with one attached hydrogen (secondary N) is 2. The number of carbonyl (C=O) groups excluding carboxylic acids is 1. The second-order valence-electron chi connectivity index (χ2n) is 7.27. The first-order valence-electron chi connectivity index (χ1n) is 9.77. The minimum Gasteiger partial charge on any atom is -0.373 e. The number of pyridine rings is 1. The first kappa shape index (κ1) is 18.4. The molecule has 28 heavy (non-hydrogen) atoms. The number of nitrogens with zero attached hydrogens (tertiary/aromatic N) is 1. The number of fused-ring (bicyclic) bond motifs is 1. The number of ether oxygens (including phenoxy) is 1. The predicted octanol–water partition coefficient (Wildman–Crippen LogP) is 4.52. The van der Waals surface area contributed by atoms with Crippen LogP contribution in [0.3, 0.4) is 0 Å². The van der Waals surface area contributed by atoms with Gasteiger partial charge in [-0.3, -0.25) is 4.98 Å². The Morgan fingerprint density at radius 2 is 1.89 bits per heavy atom. The lowest BCUT2D eigenvalue weighted by molar-refractivity contribution is 0.00217. The molecule has 1 saturated heterocycles. The first-order chi connectivity index (χ1) is 13.7. The fourth-order valence-electron chi connectivity index (χ4n) is 3.87. The van der Waals surface area contributed by atoms with Crippen LogP contribution in [0.25, 0.3) is 10.8 Å². The van der Waals surface area contributed by atoms with Crippen LogP contribution in [0.15, 0.2) is 67.0 Å². The number of hydrogen-bond acceptors (Lipinski definition) is 3. The molecule has 1 unspecified atom stereocenters. The number of benzene rings is 2. The molecule has 2 heterocycles. The Hall–Kier alpha value is -2.92. The molecule has 5 nitrogen and oxygen atoms in total. The number of urea groups is 1. The minimum absolute atomic E-state index is 0.00228. The number of carbonyl (C=O) groups is 1. The third-order valence-electron chi connectivity index (χ3n) is 5.33. The second kappa shape index (κ2) is 8.40. The summed E-state index contributed by atoms with van der Waals surface area (Å²) in [6.45, 7) is 2.65. The van der Waals surface area contributed by atoms with Gasteiger partial charge >= 0.3 is 6.03 Å². The van der Waals surface area contributed by atoms with Crippen molar-refractivity contribution in [1.29, 1.82) is 0 Å². The second-order valence-corrected chi connectivity index (χ2v) is 7.27. The quantitative estimate of drug-likeness (QED) is 0.705. The van der Waals surface area contributed by atoms with E-state index in [1.54, 1.807) is 12.4 Å². The Balaban J connectivity index is 1.38. The van der Waals surface area contributed by atoms with Crippen molar-refractivity contribution in [3.05, 3.63) is 78.1 Å². The van der Waals surface area contributed by atoms with Crippen LogP contribution in [-0.4, -0.2) is 23.7 Å². The first-order valence-corrected chi connectivity index (χ1v) is 9.77. The van der Waals surface area contributed by atoms with E-state index in [0.717, 1.165) is 24.0 Å². The van der Waals surface area contributed by atoms with Gasteiger partial charge in [-0.1, -0.05) is 42.5 Å². The monoisotopic (exact) mass is 375 g/mol. The maximum atomic E-state index is 12.6. The highest BCUT2D eigenvalue weighted by Crippen LogP contribution is 2.28. The fourth-order valence-corrected chi connectivity index (χ4v) is 3.87. The maximum absolute atomic E-state index is 12.6. The fraction of sp³-hybridized carbons (Fsp3) is 0.304. The summed E-state index contributed by atoms with van der Waals surface area (Å²) >= 11 is 0. The number of hydrogen-bond donors (Lipinski definition) is 2. The normalized spacial score (nSPS) is 20.5. The Kier molecular flexibility index (Phi) is 5.53. The lowest BCUT2D eigenvalue weighted by Gasteiger charge is -2.30. The van der Waals surface area contributed by atoms with Crippen molar-refractivity contribution < 1.29 is 9.53 Å². The zero-order valence-electron chi connectivity index (χ0n) is 16.0. The number of amides is 2. The van der Waals surface area contributed by atoms with Crippen molar-refractivity contribution in [2.24, 2.45) is 0 Å². The van der Waals surface area contributed by atoms with Crippen LogP contribution in [0.1, 0.15) is 43.0 Å². The van der Waals surface area contributed by atoms with Crippen molar-refractivity contribution in [2.75, 3.05) is 6.61 Å². The molecule has 0 bridgehead atoms. The van der Waals surface area contributed by atoms with E-state index in [0.29, 0.717) is 6.61 Å². The number of aromatic nitrogens is 1. The molecular formula is C23H25N3O2. The summed E-state index contributed by atoms with van der Waals surface area (Å²) in [5, 5.41) is 8.56. The van der Waals surface area contributed by atoms with Gasteiger partial charge in [0.1, 0.15) is 0 Å². The van der Waals surface area contributed by atoms with Gasteiger partial charge in [0.05, 0.1) is 12.1 Å². The molecule has 1 aromatic heterocycles. The molecule has 0 saturated carbocycles. The van der Waals surface area contributed by atoms with Gasteiger partial charge in [0.25, 0.3) is 0 Å². The Morgan fingerprint density at radius 1 is 1.11 bits per heavy atom. The lowest BCUT2D eigenvalue weighted by Crippen LogP contribution is -2.45. The van der Waals surface area contributed by atoms with Crippen molar-refractivity contribution >= 4 is 16.8 Å². The highest BCUT2D eigenvalue weighted by molar-refractivity contribution is 5.86. The summed E-state index contributed by atoms with van der Waals surface area (Å²) in [7, 11) is 0. The maximum Gasteiger partial charge on any atom is 0.315 e. The van der Waals surface area contributed by atoms with Gasteiger partial charge in [-0.2, -0.15) is 0 Å². The Morgan fingerprint density at radius 3 is 2.75 bits per heavy atom. The molecule has 2 N–H and O–H groups in total. The van der Waals surface area contributed by atoms with E-state index in [9.17, 15) is 4.79 Å². The van der Waals surface area contributed by atoms with Crippen molar-refractivity contribution in [3.63, 3.8) is 0 Å². The molecule has 3 aromatic rings. The molecule has 0 aliphatic carbocycles. The van der Waals surface area contributed by atoms with E-state index in [1.165, 1.54) is 10.8 Å². The standard InChI is InChI=1S/C23H25N3O2/c1-16(20-8-4-6-17-5-2-3-7-21(17)20)25-23(27)26-19-11-14-28-22(15-19)18-9-12-24-13-10-18/h2-10,12-13,16,19,22H,11,14-15H2,1H3,(H2,25,26,27)/t16?,19-,22+/m1/s1. The van der Waals surface area contributed by atoms with E-state index in [2.05, 4.69) is 39.9 Å². The van der Waals surface area contributed by atoms with E-state index >= 15 is 0 Å². The summed E-state index contributed by atoms with van der Waals surface area (Å²) in [5.74, 6) is 0. The molecular weight excluding hydrogens is 350 g/mol. The van der Waals surface area contributed by atoms with Crippen LogP contribution in [0.4, 0.5) is 4.79 Å². The van der Waals surface area contributed by atoms with Crippen LogP contribution in [-0.2, 0) is 4.74 Å². The van der Waals surface area contributed by atoms with E-state index < -0.39 is 0 Å². The van der Waals surface area contributed by atoms with Crippen LogP contribution in [0.2, 0.25) is 0 Å². The average molecular weight is 375 g/mol. The number of rotatable bonds is 4. The summed E-state index contributed by atoms with van der Waals surface area (Å²) in [5.41, 5.74) is 2.22. The molecule has 0 spiro atoms. The van der Waals surface area contributed by atoms with Gasteiger partial charge in [-0.05, 0) is 53.8 Å². The van der Waals surface area contributed by atoms with E-state index in [-0.39, 0.29) is 24.2 Å². The van der Waals surface area contributed by atoms with Crippen LogP contribution >= 0.6 is 0 Å². The summed E-state index contributed by atoms with van der Waals surface area (Å²) in [6.07, 6.45) is 5.12. The van der Waals surface area contributed by atoms with Gasteiger partial charge in [0.15, 0.2) is 0 Å². The van der Waals surface area contributed by atoms with Crippen LogP contribution in [0.5, 0.6) is 0 Å². The van der Waals surface area contributed by atoms with Crippen LogP contribution in [0, 0.1) is 0 Å². The van der Waals surface area contributed by atoms with Gasteiger partial charge < -0.3 is 15.4 Å². The predicted molar refractivity (Wildman–Crippen MR) is 110 cm³/mol. The summed E-state index contributed by atoms with van der Waals surface area (Å²) in [4.78, 5) is 16.7. The van der Waals surface area contributed by atoms with Gasteiger partial charge in [0.2, 0.25) is 0 Å². The largest absolute Gasteiger partial charge is 0.373 e. The molecule has 1 aliphatic heterocycles. The smallest absolute Gasteiger partial charge is 0.315 e. The third-order valence-corrected chi connectivity index (χ3v) is 5.33. The minimum atomic E-state index is -0.138. The summed E-state index contributed by atoms with van der Waals surface area (Å²) in [6, 6.07) is 18.2. The van der Waals surface area contributed by atoms with E-state index in [1.807, 2.05) is 37.3 Å². The molecule has 2 aromatic carbocycles. The zero-order chi connectivity index (χ0) is 19.3. The average Bonchev–Trinajstić information content (AvgIpc) is 2.74. The Bertz CT molecular complexity index is 939. The highest BCUT2D eigenvalue weighted by atomic mass is 16.5. The zero-order valence-corrected chi connectivity index (χ0v) is 16.0. The highest BCUT2D eigenvalue weighted by Gasteiger charge is 2.25. The topological polar surface area (TPSA) is 63.2 Å². The summed E-state index contributed by atoms with van der Waals surface area (Å²) < 4.78 is 5.87. The molecule has 0 radical (unpaired) electrons. The third kappa shape index (κ3) is 4.15. The Labute approximate surface area is 165 Å².